The number of nitrogens with zero attached hydrogens (tertiary/aromatic N) is 1. The van der Waals surface area contributed by atoms with E-state index in [0.29, 0.717) is 18.4 Å². The Bertz CT molecular complexity index is 1090. The Hall–Kier alpha value is -4.44. The van der Waals surface area contributed by atoms with Crippen LogP contribution in [0.2, 0.25) is 0 Å². The van der Waals surface area contributed by atoms with Gasteiger partial charge in [-0.2, -0.15) is 0 Å². The first-order chi connectivity index (χ1) is 19.8. The maximum Gasteiger partial charge on any atom is 0.245 e. The molecule has 0 radical (unpaired) electrons. The number of aliphatic hydroxyl groups is 1. The van der Waals surface area contributed by atoms with E-state index in [1.807, 2.05) is 6.92 Å². The molecule has 0 aliphatic rings. The van der Waals surface area contributed by atoms with Crippen molar-refractivity contribution in [2.24, 2.45) is 33.8 Å². The van der Waals surface area contributed by atoms with Gasteiger partial charge in [-0.3, -0.25) is 29.0 Å². The van der Waals surface area contributed by atoms with E-state index < -0.39 is 66.9 Å². The summed E-state index contributed by atoms with van der Waals surface area (Å²) in [6.07, 6.45) is 1.13. The number of nitrogens with one attached hydrogen (secondary N) is 4. The number of aliphatic imine (C=N–C) groups is 1. The Balaban J connectivity index is 2.70. The smallest absolute Gasteiger partial charge is 0.245 e. The van der Waals surface area contributed by atoms with E-state index in [4.69, 9.17) is 22.9 Å². The molecule has 0 saturated carbocycles. The standard InChI is InChI=1S/C26H43N9O7/c1-3-14(2)21(35-23(40)17(27)11-15-6-8-16(37)9-7-15)25(42)32-12-20(38)33-19(13-36)24(41)34-18(22(28)39)5-4-10-31-26(29)30/h6-9,14,17-19,21,36-37H,3-5,10-13,27H2,1-2H3,(H2,28,39)(H,32,42)(H,33,38)(H,34,41)(H,35,40)(H4,29,30,31)/t14-,17+,18+,19+,21-/m1/s1. The van der Waals surface area contributed by atoms with Crippen LogP contribution >= 0.6 is 0 Å². The highest BCUT2D eigenvalue weighted by Crippen LogP contribution is 2.12. The SMILES string of the molecule is CC[C@@H](C)[C@@H](NC(=O)[C@@H](N)Cc1ccc(O)cc1)C(=O)NCC(=O)N[C@@H](CO)C(=O)N[C@@H](CCCN=C(N)N)C(N)=O. The number of benzene rings is 1. The molecule has 0 bridgehead atoms. The first-order valence-electron chi connectivity index (χ1n) is 13.5. The van der Waals surface area contributed by atoms with Gasteiger partial charge in [0.05, 0.1) is 19.2 Å². The fraction of sp³-hybridized carbons (Fsp3) is 0.538. The Kier molecular flexibility index (Phi) is 15.3. The number of amides is 5. The maximum atomic E-state index is 12.9. The van der Waals surface area contributed by atoms with Crippen molar-refractivity contribution in [2.75, 3.05) is 19.7 Å². The number of phenolic OH excluding ortho intramolecular Hbond substituents is 1. The van der Waals surface area contributed by atoms with E-state index in [-0.39, 0.29) is 37.0 Å². The molecule has 42 heavy (non-hydrogen) atoms. The molecule has 0 spiro atoms. The van der Waals surface area contributed by atoms with E-state index in [1.54, 1.807) is 19.1 Å². The molecule has 0 saturated heterocycles. The van der Waals surface area contributed by atoms with Crippen molar-refractivity contribution in [3.8, 4) is 5.75 Å². The molecule has 0 aromatic heterocycles. The van der Waals surface area contributed by atoms with Gasteiger partial charge in [-0.05, 0) is 42.9 Å². The van der Waals surface area contributed by atoms with Crippen LogP contribution in [0.4, 0.5) is 0 Å². The summed E-state index contributed by atoms with van der Waals surface area (Å²) in [4.78, 5) is 66.1. The highest BCUT2D eigenvalue weighted by molar-refractivity contribution is 5.94. The molecule has 0 aliphatic heterocycles. The zero-order chi connectivity index (χ0) is 31.8. The lowest BCUT2D eigenvalue weighted by molar-refractivity contribution is -0.133. The van der Waals surface area contributed by atoms with Crippen LogP contribution in [-0.2, 0) is 30.4 Å². The molecule has 0 fully saturated rings. The number of hydrogen-bond donors (Lipinski definition) is 10. The molecular weight excluding hydrogens is 550 g/mol. The van der Waals surface area contributed by atoms with Crippen LogP contribution in [0.15, 0.2) is 29.3 Å². The number of rotatable bonds is 18. The van der Waals surface area contributed by atoms with Crippen LogP contribution in [0.3, 0.4) is 0 Å². The number of primary amides is 1. The number of aromatic hydroxyl groups is 1. The topological polar surface area (TPSA) is 290 Å². The van der Waals surface area contributed by atoms with Gasteiger partial charge in [0.2, 0.25) is 29.5 Å². The molecule has 5 atom stereocenters. The van der Waals surface area contributed by atoms with Gasteiger partial charge in [0.25, 0.3) is 0 Å². The summed E-state index contributed by atoms with van der Waals surface area (Å²) in [5.74, 6) is -4.09. The van der Waals surface area contributed by atoms with Crippen molar-refractivity contribution >= 4 is 35.5 Å². The molecule has 14 N–H and O–H groups in total. The van der Waals surface area contributed by atoms with Gasteiger partial charge in [0.1, 0.15) is 23.9 Å². The van der Waals surface area contributed by atoms with Crippen LogP contribution < -0.4 is 44.2 Å². The minimum absolute atomic E-state index is 0.0751. The molecule has 16 nitrogen and oxygen atoms in total. The second-order valence-electron chi connectivity index (χ2n) is 9.78. The normalized spacial score (nSPS) is 14.3. The summed E-state index contributed by atoms with van der Waals surface area (Å²) < 4.78 is 0. The molecule has 234 valence electrons. The predicted molar refractivity (Wildman–Crippen MR) is 154 cm³/mol. The number of carbonyl (C=O) groups excluding carboxylic acids is 5. The Morgan fingerprint density at radius 1 is 0.929 bits per heavy atom. The zero-order valence-corrected chi connectivity index (χ0v) is 23.8. The lowest BCUT2D eigenvalue weighted by atomic mass is 9.97. The highest BCUT2D eigenvalue weighted by Gasteiger charge is 2.29. The van der Waals surface area contributed by atoms with E-state index >= 15 is 0 Å². The minimum Gasteiger partial charge on any atom is -0.508 e. The van der Waals surface area contributed by atoms with Crippen LogP contribution in [0.25, 0.3) is 0 Å². The second-order valence-corrected chi connectivity index (χ2v) is 9.78. The van der Waals surface area contributed by atoms with Crippen LogP contribution in [0.1, 0.15) is 38.7 Å². The van der Waals surface area contributed by atoms with E-state index in [1.165, 1.54) is 12.1 Å². The summed E-state index contributed by atoms with van der Waals surface area (Å²) in [5.41, 5.74) is 22.5. The van der Waals surface area contributed by atoms with Gasteiger partial charge < -0.3 is 54.4 Å². The van der Waals surface area contributed by atoms with Gasteiger partial charge in [-0.1, -0.05) is 32.4 Å². The van der Waals surface area contributed by atoms with Crippen LogP contribution in [0.5, 0.6) is 5.75 Å². The van der Waals surface area contributed by atoms with Crippen LogP contribution in [0, 0.1) is 5.92 Å². The molecular formula is C26H43N9O7. The number of phenols is 1. The van der Waals surface area contributed by atoms with Crippen molar-refractivity contribution in [2.45, 2.75) is 63.7 Å². The Morgan fingerprint density at radius 3 is 2.12 bits per heavy atom. The van der Waals surface area contributed by atoms with Crippen molar-refractivity contribution in [1.82, 2.24) is 21.3 Å². The van der Waals surface area contributed by atoms with E-state index in [0.717, 1.165) is 0 Å². The largest absolute Gasteiger partial charge is 0.508 e. The number of nitrogens with two attached hydrogens (primary N) is 4. The van der Waals surface area contributed by atoms with Gasteiger partial charge in [0, 0.05) is 6.54 Å². The van der Waals surface area contributed by atoms with Gasteiger partial charge in [-0.15, -0.1) is 0 Å². The van der Waals surface area contributed by atoms with Crippen molar-refractivity contribution in [1.29, 1.82) is 0 Å². The monoisotopic (exact) mass is 593 g/mol. The number of hydrogen-bond acceptors (Lipinski definition) is 9. The molecule has 0 aliphatic carbocycles. The Morgan fingerprint density at radius 2 is 1.57 bits per heavy atom. The number of guanidine groups is 1. The van der Waals surface area contributed by atoms with Crippen molar-refractivity contribution in [3.05, 3.63) is 29.8 Å². The number of carbonyl (C=O) groups is 5. The summed E-state index contributed by atoms with van der Waals surface area (Å²) in [6.45, 7) is 2.40. The molecule has 1 aromatic rings. The quantitative estimate of drug-likeness (QED) is 0.0453. The maximum absolute atomic E-state index is 12.9. The lowest BCUT2D eigenvalue weighted by Crippen LogP contribution is -2.57. The van der Waals surface area contributed by atoms with Crippen molar-refractivity contribution < 1.29 is 34.2 Å². The summed E-state index contributed by atoms with van der Waals surface area (Å²) in [5, 5.41) is 28.7. The lowest BCUT2D eigenvalue weighted by Gasteiger charge is -2.25. The molecule has 5 amide bonds. The van der Waals surface area contributed by atoms with Crippen molar-refractivity contribution in [3.63, 3.8) is 0 Å². The van der Waals surface area contributed by atoms with Gasteiger partial charge in [0.15, 0.2) is 5.96 Å². The van der Waals surface area contributed by atoms with E-state index in [9.17, 15) is 34.2 Å². The summed E-state index contributed by atoms with van der Waals surface area (Å²) in [7, 11) is 0. The third kappa shape index (κ3) is 12.8. The Labute approximate surface area is 244 Å². The average Bonchev–Trinajstić information content (AvgIpc) is 2.94. The highest BCUT2D eigenvalue weighted by atomic mass is 16.3. The summed E-state index contributed by atoms with van der Waals surface area (Å²) >= 11 is 0. The molecule has 1 rings (SSSR count). The van der Waals surface area contributed by atoms with Gasteiger partial charge in [-0.25, -0.2) is 0 Å². The third-order valence-electron chi connectivity index (χ3n) is 6.38. The first-order valence-corrected chi connectivity index (χ1v) is 13.5. The second kappa shape index (κ2) is 18.1. The number of aliphatic hydroxyl groups excluding tert-OH is 1. The fourth-order valence-corrected chi connectivity index (χ4v) is 3.72. The minimum atomic E-state index is -1.43. The molecule has 16 heteroatoms. The fourth-order valence-electron chi connectivity index (χ4n) is 3.72. The predicted octanol–water partition coefficient (Wildman–Crippen LogP) is -3.59. The molecule has 1 aromatic carbocycles. The first kappa shape index (κ1) is 35.6. The van der Waals surface area contributed by atoms with Crippen LogP contribution in [-0.4, -0.2) is 89.6 Å². The average molecular weight is 594 g/mol. The third-order valence-corrected chi connectivity index (χ3v) is 6.38. The molecule has 0 heterocycles. The van der Waals surface area contributed by atoms with E-state index in [2.05, 4.69) is 26.3 Å². The van der Waals surface area contributed by atoms with Gasteiger partial charge >= 0.3 is 0 Å². The zero-order valence-electron chi connectivity index (χ0n) is 23.8. The summed E-state index contributed by atoms with van der Waals surface area (Å²) in [6, 6.07) is 1.68. The molecule has 0 unspecified atom stereocenters.